The van der Waals surface area contributed by atoms with Crippen molar-refractivity contribution in [1.82, 2.24) is 14.9 Å². The standard InChI is InChI=1S/C23H25N3OS/c1-16-21(14-18-8-4-3-5-9-18)25-23(24-16)28-17(2)22(27)26-13-12-19-10-6-7-11-20(19)15-26/h3-11,17H,12-15H2,1-2H3,(H,24,25)/t17-/m1/s1. The Kier molecular flexibility index (Phi) is 5.53. The van der Waals surface area contributed by atoms with Gasteiger partial charge in [-0.15, -0.1) is 0 Å². The maximum atomic E-state index is 13.0. The van der Waals surface area contributed by atoms with Crippen LogP contribution >= 0.6 is 11.8 Å². The lowest BCUT2D eigenvalue weighted by Gasteiger charge is -2.30. The van der Waals surface area contributed by atoms with Gasteiger partial charge in [-0.05, 0) is 37.0 Å². The highest BCUT2D eigenvalue weighted by Crippen LogP contribution is 2.26. The molecule has 28 heavy (non-hydrogen) atoms. The Labute approximate surface area is 170 Å². The van der Waals surface area contributed by atoms with Gasteiger partial charge in [0.1, 0.15) is 0 Å². The number of aromatic nitrogens is 2. The number of hydrogen-bond donors (Lipinski definition) is 1. The third-order valence-electron chi connectivity index (χ3n) is 5.26. The van der Waals surface area contributed by atoms with Crippen LogP contribution in [0.1, 0.15) is 35.0 Å². The SMILES string of the molecule is Cc1[nH]c(S[C@H](C)C(=O)N2CCc3ccccc3C2)nc1Cc1ccccc1. The zero-order valence-corrected chi connectivity index (χ0v) is 17.1. The molecule has 1 N–H and O–H groups in total. The highest BCUT2D eigenvalue weighted by molar-refractivity contribution is 8.00. The summed E-state index contributed by atoms with van der Waals surface area (Å²) >= 11 is 1.51. The van der Waals surface area contributed by atoms with Gasteiger partial charge in [0.2, 0.25) is 5.91 Å². The normalized spacial score (nSPS) is 14.6. The lowest BCUT2D eigenvalue weighted by Crippen LogP contribution is -2.40. The van der Waals surface area contributed by atoms with E-state index in [9.17, 15) is 4.79 Å². The van der Waals surface area contributed by atoms with Crippen molar-refractivity contribution in [3.63, 3.8) is 0 Å². The highest BCUT2D eigenvalue weighted by atomic mass is 32.2. The van der Waals surface area contributed by atoms with E-state index in [-0.39, 0.29) is 11.2 Å². The van der Waals surface area contributed by atoms with Crippen LogP contribution in [0.2, 0.25) is 0 Å². The van der Waals surface area contributed by atoms with E-state index >= 15 is 0 Å². The average molecular weight is 392 g/mol. The number of carbonyl (C=O) groups is 1. The molecule has 4 nitrogen and oxygen atoms in total. The predicted molar refractivity (Wildman–Crippen MR) is 113 cm³/mol. The fourth-order valence-corrected chi connectivity index (χ4v) is 4.60. The van der Waals surface area contributed by atoms with Gasteiger partial charge in [0.25, 0.3) is 0 Å². The van der Waals surface area contributed by atoms with Crippen LogP contribution in [-0.4, -0.2) is 32.6 Å². The predicted octanol–water partition coefficient (Wildman–Crippen LogP) is 4.37. The maximum absolute atomic E-state index is 13.0. The molecule has 2 aromatic carbocycles. The number of imidazole rings is 1. The number of aromatic amines is 1. The maximum Gasteiger partial charge on any atom is 0.236 e. The zero-order valence-electron chi connectivity index (χ0n) is 16.3. The number of rotatable bonds is 5. The van der Waals surface area contributed by atoms with Crippen molar-refractivity contribution in [2.75, 3.05) is 6.54 Å². The van der Waals surface area contributed by atoms with Gasteiger partial charge in [-0.2, -0.15) is 0 Å². The van der Waals surface area contributed by atoms with Crippen molar-refractivity contribution in [2.45, 2.75) is 43.6 Å². The largest absolute Gasteiger partial charge is 0.337 e. The van der Waals surface area contributed by atoms with Crippen LogP contribution in [0, 0.1) is 6.92 Å². The quantitative estimate of drug-likeness (QED) is 0.657. The molecule has 0 radical (unpaired) electrons. The first-order chi connectivity index (χ1) is 13.6. The van der Waals surface area contributed by atoms with E-state index in [1.807, 2.05) is 43.0 Å². The Morgan fingerprint density at radius 3 is 2.64 bits per heavy atom. The van der Waals surface area contributed by atoms with Crippen LogP contribution in [0.25, 0.3) is 0 Å². The molecule has 3 aromatic rings. The summed E-state index contributed by atoms with van der Waals surface area (Å²) in [5.74, 6) is 0.179. The summed E-state index contributed by atoms with van der Waals surface area (Å²) in [6.07, 6.45) is 1.73. The van der Waals surface area contributed by atoms with Crippen LogP contribution in [0.4, 0.5) is 0 Å². The van der Waals surface area contributed by atoms with Crippen molar-refractivity contribution in [2.24, 2.45) is 0 Å². The molecule has 1 aromatic heterocycles. The summed E-state index contributed by atoms with van der Waals surface area (Å²) in [5, 5.41) is 0.655. The number of aryl methyl sites for hydroxylation is 1. The molecule has 1 aliphatic rings. The molecule has 0 unspecified atom stereocenters. The monoisotopic (exact) mass is 391 g/mol. The molecule has 0 saturated carbocycles. The summed E-state index contributed by atoms with van der Waals surface area (Å²) in [5.41, 5.74) is 5.97. The van der Waals surface area contributed by atoms with Crippen LogP contribution in [-0.2, 0) is 24.2 Å². The minimum Gasteiger partial charge on any atom is -0.337 e. The number of carbonyl (C=O) groups excluding carboxylic acids is 1. The Morgan fingerprint density at radius 1 is 1.14 bits per heavy atom. The number of thioether (sulfide) groups is 1. The summed E-state index contributed by atoms with van der Waals surface area (Å²) in [7, 11) is 0. The van der Waals surface area contributed by atoms with E-state index in [1.54, 1.807) is 0 Å². The first-order valence-electron chi connectivity index (χ1n) is 9.72. The summed E-state index contributed by atoms with van der Waals surface area (Å²) in [6, 6.07) is 18.7. The molecule has 0 aliphatic carbocycles. The molecule has 5 heteroatoms. The average Bonchev–Trinajstić information content (AvgIpc) is 3.06. The molecule has 2 heterocycles. The number of H-pyrrole nitrogens is 1. The van der Waals surface area contributed by atoms with Crippen LogP contribution < -0.4 is 0 Å². The number of benzene rings is 2. The second kappa shape index (κ2) is 8.23. The summed E-state index contributed by atoms with van der Waals surface area (Å²) in [4.78, 5) is 23.0. The van der Waals surface area contributed by atoms with Crippen molar-refractivity contribution in [3.8, 4) is 0 Å². The minimum absolute atomic E-state index is 0.166. The lowest BCUT2D eigenvalue weighted by atomic mass is 10.00. The first-order valence-corrected chi connectivity index (χ1v) is 10.6. The Hall–Kier alpha value is -2.53. The number of nitrogens with zero attached hydrogens (tertiary/aromatic N) is 2. The molecule has 0 bridgehead atoms. The second-order valence-electron chi connectivity index (χ2n) is 7.31. The molecule has 1 aliphatic heterocycles. The topological polar surface area (TPSA) is 49.0 Å². The van der Waals surface area contributed by atoms with E-state index in [0.29, 0.717) is 6.54 Å². The summed E-state index contributed by atoms with van der Waals surface area (Å²) in [6.45, 7) is 5.51. The molecule has 144 valence electrons. The van der Waals surface area contributed by atoms with Gasteiger partial charge in [-0.25, -0.2) is 4.98 Å². The van der Waals surface area contributed by atoms with E-state index in [1.165, 1.54) is 28.5 Å². The van der Waals surface area contributed by atoms with Crippen molar-refractivity contribution in [3.05, 3.63) is 82.7 Å². The molecule has 4 rings (SSSR count). The third-order valence-corrected chi connectivity index (χ3v) is 6.23. The van der Waals surface area contributed by atoms with Crippen LogP contribution in [0.15, 0.2) is 59.8 Å². The van der Waals surface area contributed by atoms with Crippen LogP contribution in [0.5, 0.6) is 0 Å². The van der Waals surface area contributed by atoms with E-state index in [4.69, 9.17) is 4.98 Å². The molecular weight excluding hydrogens is 366 g/mol. The van der Waals surface area contributed by atoms with E-state index in [0.717, 1.165) is 35.9 Å². The molecule has 1 atom stereocenters. The summed E-state index contributed by atoms with van der Waals surface area (Å²) < 4.78 is 0. The molecule has 0 saturated heterocycles. The molecule has 0 fully saturated rings. The van der Waals surface area contributed by atoms with E-state index < -0.39 is 0 Å². The first kappa shape index (κ1) is 18.8. The Balaban J connectivity index is 1.40. The molecule has 0 spiro atoms. The van der Waals surface area contributed by atoms with Gasteiger partial charge >= 0.3 is 0 Å². The van der Waals surface area contributed by atoms with Crippen molar-refractivity contribution >= 4 is 17.7 Å². The Morgan fingerprint density at radius 2 is 1.86 bits per heavy atom. The van der Waals surface area contributed by atoms with Crippen molar-refractivity contribution < 1.29 is 4.79 Å². The van der Waals surface area contributed by atoms with Gasteiger partial charge < -0.3 is 9.88 Å². The third kappa shape index (κ3) is 4.14. The number of amides is 1. The fourth-order valence-electron chi connectivity index (χ4n) is 3.64. The van der Waals surface area contributed by atoms with Gasteiger partial charge in [-0.3, -0.25) is 4.79 Å². The number of hydrogen-bond acceptors (Lipinski definition) is 3. The lowest BCUT2D eigenvalue weighted by molar-refractivity contribution is -0.131. The van der Waals surface area contributed by atoms with Gasteiger partial charge in [-0.1, -0.05) is 66.4 Å². The fraction of sp³-hybridized carbons (Fsp3) is 0.304. The minimum atomic E-state index is -0.166. The van der Waals surface area contributed by atoms with Gasteiger partial charge in [0.15, 0.2) is 5.16 Å². The Bertz CT molecular complexity index is 967. The van der Waals surface area contributed by atoms with E-state index in [2.05, 4.69) is 35.3 Å². The highest BCUT2D eigenvalue weighted by Gasteiger charge is 2.26. The van der Waals surface area contributed by atoms with Crippen LogP contribution in [0.3, 0.4) is 0 Å². The number of fused-ring (bicyclic) bond motifs is 1. The molecular formula is C23H25N3OS. The molecule has 1 amide bonds. The number of nitrogens with one attached hydrogen (secondary N) is 1. The zero-order chi connectivity index (χ0) is 19.5. The smallest absolute Gasteiger partial charge is 0.236 e. The van der Waals surface area contributed by atoms with Crippen molar-refractivity contribution in [1.29, 1.82) is 0 Å². The second-order valence-corrected chi connectivity index (χ2v) is 8.64. The van der Waals surface area contributed by atoms with Gasteiger partial charge in [0.05, 0.1) is 10.9 Å². The van der Waals surface area contributed by atoms with Gasteiger partial charge in [0, 0.05) is 25.2 Å².